The lowest BCUT2D eigenvalue weighted by molar-refractivity contribution is 0.0475. The summed E-state index contributed by atoms with van der Waals surface area (Å²) in [5.41, 5.74) is 3.29. The Kier molecular flexibility index (Phi) is 5.95. The molecule has 1 aliphatic heterocycles. The minimum Gasteiger partial charge on any atom is -0.487 e. The summed E-state index contributed by atoms with van der Waals surface area (Å²) >= 11 is 1.54. The van der Waals surface area contributed by atoms with Crippen molar-refractivity contribution in [1.82, 2.24) is 9.88 Å². The second-order valence-corrected chi connectivity index (χ2v) is 7.35. The van der Waals surface area contributed by atoms with Crippen LogP contribution in [0.4, 0.5) is 0 Å². The number of thiazole rings is 1. The Labute approximate surface area is 173 Å². The number of amides is 1. The second kappa shape index (κ2) is 8.96. The zero-order chi connectivity index (χ0) is 20.1. The molecule has 1 atom stereocenters. The van der Waals surface area contributed by atoms with Gasteiger partial charge in [0.05, 0.1) is 17.7 Å². The standard InChI is InChI=1S/C22H22N2O4S/c1-2-24(11-19-13-27-20-5-3-4-6-21(20)28-19)22(25)16-7-9-18(10-8-16)26-12-17-14-29-15-23-17/h3-10,14-15,19H,2,11-13H2,1H3. The first-order valence-electron chi connectivity index (χ1n) is 9.50. The van der Waals surface area contributed by atoms with Gasteiger partial charge in [-0.2, -0.15) is 0 Å². The molecule has 1 amide bonds. The Morgan fingerprint density at radius 1 is 1.21 bits per heavy atom. The second-order valence-electron chi connectivity index (χ2n) is 6.63. The number of rotatable bonds is 7. The van der Waals surface area contributed by atoms with E-state index in [0.29, 0.717) is 43.4 Å². The number of fused-ring (bicyclic) bond motifs is 1. The maximum Gasteiger partial charge on any atom is 0.253 e. The molecule has 0 bridgehead atoms. The van der Waals surface area contributed by atoms with Gasteiger partial charge in [0.1, 0.15) is 19.0 Å². The van der Waals surface area contributed by atoms with Crippen molar-refractivity contribution >= 4 is 17.2 Å². The van der Waals surface area contributed by atoms with Crippen molar-refractivity contribution < 1.29 is 19.0 Å². The fraction of sp³-hybridized carbons (Fsp3) is 0.273. The molecule has 3 aromatic rings. The van der Waals surface area contributed by atoms with Crippen LogP contribution in [-0.4, -0.2) is 41.6 Å². The molecule has 6 nitrogen and oxygen atoms in total. The molecule has 0 spiro atoms. The molecule has 1 aliphatic rings. The molecule has 0 fully saturated rings. The third-order valence-corrected chi connectivity index (χ3v) is 5.27. The molecular weight excluding hydrogens is 388 g/mol. The Morgan fingerprint density at radius 3 is 2.72 bits per heavy atom. The highest BCUT2D eigenvalue weighted by atomic mass is 32.1. The average Bonchev–Trinajstić information content (AvgIpc) is 3.29. The fourth-order valence-electron chi connectivity index (χ4n) is 3.10. The van der Waals surface area contributed by atoms with Crippen LogP contribution < -0.4 is 14.2 Å². The van der Waals surface area contributed by atoms with E-state index in [2.05, 4.69) is 4.98 Å². The summed E-state index contributed by atoms with van der Waals surface area (Å²) in [5, 5.41) is 1.95. The maximum absolute atomic E-state index is 12.9. The zero-order valence-electron chi connectivity index (χ0n) is 16.1. The summed E-state index contributed by atoms with van der Waals surface area (Å²) in [5.74, 6) is 2.12. The van der Waals surface area contributed by atoms with Gasteiger partial charge in [0.15, 0.2) is 17.6 Å². The van der Waals surface area contributed by atoms with Gasteiger partial charge in [-0.3, -0.25) is 4.79 Å². The highest BCUT2D eigenvalue weighted by Crippen LogP contribution is 2.31. The van der Waals surface area contributed by atoms with Crippen molar-refractivity contribution in [2.24, 2.45) is 0 Å². The number of hydrogen-bond acceptors (Lipinski definition) is 6. The number of benzene rings is 2. The van der Waals surface area contributed by atoms with Crippen molar-refractivity contribution in [2.45, 2.75) is 19.6 Å². The molecule has 7 heteroatoms. The Morgan fingerprint density at radius 2 is 2.00 bits per heavy atom. The monoisotopic (exact) mass is 410 g/mol. The van der Waals surface area contributed by atoms with Gasteiger partial charge >= 0.3 is 0 Å². The Balaban J connectivity index is 1.36. The van der Waals surface area contributed by atoms with Crippen LogP contribution in [0.25, 0.3) is 0 Å². The van der Waals surface area contributed by atoms with E-state index in [1.165, 1.54) is 11.3 Å². The van der Waals surface area contributed by atoms with E-state index >= 15 is 0 Å². The summed E-state index contributed by atoms with van der Waals surface area (Å²) in [4.78, 5) is 18.9. The number of ether oxygens (including phenoxy) is 3. The molecule has 1 unspecified atom stereocenters. The van der Waals surface area contributed by atoms with Crippen molar-refractivity contribution in [2.75, 3.05) is 19.7 Å². The molecule has 4 rings (SSSR count). The van der Waals surface area contributed by atoms with Crippen LogP contribution in [0, 0.1) is 0 Å². The predicted octanol–water partition coefficient (Wildman–Crippen LogP) is 4.02. The minimum absolute atomic E-state index is 0.0407. The van der Waals surface area contributed by atoms with Crippen LogP contribution in [0.2, 0.25) is 0 Å². The SMILES string of the molecule is CCN(CC1COc2ccccc2O1)C(=O)c1ccc(OCc2cscn2)cc1. The predicted molar refractivity (Wildman–Crippen MR) is 111 cm³/mol. The molecule has 2 aromatic carbocycles. The lowest BCUT2D eigenvalue weighted by Crippen LogP contribution is -2.43. The highest BCUT2D eigenvalue weighted by molar-refractivity contribution is 7.07. The van der Waals surface area contributed by atoms with E-state index < -0.39 is 0 Å². The molecule has 29 heavy (non-hydrogen) atoms. The van der Waals surface area contributed by atoms with Crippen molar-refractivity contribution in [3.8, 4) is 17.2 Å². The lowest BCUT2D eigenvalue weighted by Gasteiger charge is -2.31. The molecule has 1 aromatic heterocycles. The van der Waals surface area contributed by atoms with Crippen molar-refractivity contribution in [3.63, 3.8) is 0 Å². The van der Waals surface area contributed by atoms with Gasteiger partial charge in [0.2, 0.25) is 0 Å². The van der Waals surface area contributed by atoms with Gasteiger partial charge in [-0.05, 0) is 43.3 Å². The van der Waals surface area contributed by atoms with Crippen LogP contribution in [0.3, 0.4) is 0 Å². The van der Waals surface area contributed by atoms with Crippen molar-refractivity contribution in [1.29, 1.82) is 0 Å². The highest BCUT2D eigenvalue weighted by Gasteiger charge is 2.25. The van der Waals surface area contributed by atoms with Gasteiger partial charge in [-0.25, -0.2) is 4.98 Å². The molecule has 0 saturated heterocycles. The van der Waals surface area contributed by atoms with Crippen molar-refractivity contribution in [3.05, 3.63) is 70.7 Å². The number of hydrogen-bond donors (Lipinski definition) is 0. The topological polar surface area (TPSA) is 60.9 Å². The first-order chi connectivity index (χ1) is 14.2. The largest absolute Gasteiger partial charge is 0.487 e. The fourth-order valence-corrected chi connectivity index (χ4v) is 3.64. The van der Waals surface area contributed by atoms with E-state index in [0.717, 1.165) is 11.4 Å². The number of para-hydroxylation sites is 2. The van der Waals surface area contributed by atoms with Gasteiger partial charge in [-0.15, -0.1) is 11.3 Å². The smallest absolute Gasteiger partial charge is 0.253 e. The number of likely N-dealkylation sites (N-methyl/N-ethyl adjacent to an activating group) is 1. The summed E-state index contributed by atoms with van der Waals surface area (Å²) in [7, 11) is 0. The van der Waals surface area contributed by atoms with E-state index in [4.69, 9.17) is 14.2 Å². The maximum atomic E-state index is 12.9. The quantitative estimate of drug-likeness (QED) is 0.589. The van der Waals surface area contributed by atoms with E-state index in [1.54, 1.807) is 22.5 Å². The number of carbonyl (C=O) groups is 1. The van der Waals surface area contributed by atoms with Gasteiger partial charge < -0.3 is 19.1 Å². The summed E-state index contributed by atoms with van der Waals surface area (Å²) in [6.07, 6.45) is -0.200. The third-order valence-electron chi connectivity index (χ3n) is 4.63. The minimum atomic E-state index is -0.200. The Hall–Kier alpha value is -3.06. The van der Waals surface area contributed by atoms with Crippen LogP contribution in [-0.2, 0) is 6.61 Å². The number of aromatic nitrogens is 1. The van der Waals surface area contributed by atoms with E-state index in [-0.39, 0.29) is 12.0 Å². The van der Waals surface area contributed by atoms with Crippen LogP contribution >= 0.6 is 11.3 Å². The molecule has 0 N–H and O–H groups in total. The van der Waals surface area contributed by atoms with Crippen LogP contribution in [0.5, 0.6) is 17.2 Å². The zero-order valence-corrected chi connectivity index (χ0v) is 16.9. The summed E-state index contributed by atoms with van der Waals surface area (Å²) in [6.45, 7) is 3.84. The average molecular weight is 410 g/mol. The molecular formula is C22H22N2O4S. The number of nitrogens with zero attached hydrogens (tertiary/aromatic N) is 2. The Bertz CT molecular complexity index is 944. The first-order valence-corrected chi connectivity index (χ1v) is 10.4. The van der Waals surface area contributed by atoms with E-state index in [1.807, 2.05) is 48.7 Å². The number of carbonyl (C=O) groups excluding carboxylic acids is 1. The van der Waals surface area contributed by atoms with Gasteiger partial charge in [-0.1, -0.05) is 12.1 Å². The summed E-state index contributed by atoms with van der Waals surface area (Å²) < 4.78 is 17.5. The molecule has 0 radical (unpaired) electrons. The lowest BCUT2D eigenvalue weighted by atomic mass is 10.1. The van der Waals surface area contributed by atoms with Crippen LogP contribution in [0.1, 0.15) is 23.0 Å². The molecule has 0 aliphatic carbocycles. The molecule has 150 valence electrons. The first kappa shape index (κ1) is 19.3. The molecule has 2 heterocycles. The van der Waals surface area contributed by atoms with E-state index in [9.17, 15) is 4.79 Å². The van der Waals surface area contributed by atoms with Gasteiger partial charge in [0.25, 0.3) is 5.91 Å². The molecule has 0 saturated carbocycles. The summed E-state index contributed by atoms with van der Waals surface area (Å²) in [6, 6.07) is 14.8. The normalized spacial score (nSPS) is 15.0. The van der Waals surface area contributed by atoms with Gasteiger partial charge in [0, 0.05) is 17.5 Å². The van der Waals surface area contributed by atoms with Crippen LogP contribution in [0.15, 0.2) is 59.4 Å². The third kappa shape index (κ3) is 4.68.